The lowest BCUT2D eigenvalue weighted by atomic mass is 9.81. The molecule has 3 aliphatic heterocycles. The van der Waals surface area contributed by atoms with Crippen molar-refractivity contribution in [3.05, 3.63) is 35.9 Å². The molecule has 1 aromatic carbocycles. The van der Waals surface area contributed by atoms with E-state index in [0.717, 1.165) is 5.56 Å². The van der Waals surface area contributed by atoms with Crippen LogP contribution in [0.1, 0.15) is 32.1 Å². The van der Waals surface area contributed by atoms with Crippen molar-refractivity contribution in [1.29, 1.82) is 0 Å². The van der Waals surface area contributed by atoms with Gasteiger partial charge < -0.3 is 23.7 Å². The maximum Gasteiger partial charge on any atom is 0.366 e. The molecule has 4 rings (SSSR count). The van der Waals surface area contributed by atoms with Crippen LogP contribution in [-0.2, 0) is 28.5 Å². The Morgan fingerprint density at radius 1 is 1.16 bits per heavy atom. The van der Waals surface area contributed by atoms with Gasteiger partial charge in [0, 0.05) is 12.0 Å². The van der Waals surface area contributed by atoms with Gasteiger partial charge in [0.15, 0.2) is 6.29 Å². The zero-order valence-corrected chi connectivity index (χ0v) is 14.7. The number of carbonyl (C=O) groups excluding carboxylic acids is 1. The average molecular weight is 348 g/mol. The van der Waals surface area contributed by atoms with E-state index in [4.69, 9.17) is 23.7 Å². The number of ether oxygens (including phenoxy) is 5. The van der Waals surface area contributed by atoms with E-state index in [1.807, 2.05) is 30.3 Å². The molecule has 7 atom stereocenters. The summed E-state index contributed by atoms with van der Waals surface area (Å²) in [5.41, 5.74) is 0.969. The molecule has 3 aliphatic rings. The second-order valence-corrected chi connectivity index (χ2v) is 7.20. The van der Waals surface area contributed by atoms with Crippen LogP contribution in [0.4, 0.5) is 0 Å². The molecule has 6 heteroatoms. The summed E-state index contributed by atoms with van der Waals surface area (Å²) in [4.78, 5) is 12.3. The van der Waals surface area contributed by atoms with Crippen LogP contribution in [0.2, 0.25) is 0 Å². The quantitative estimate of drug-likeness (QED) is 0.782. The van der Waals surface area contributed by atoms with E-state index >= 15 is 0 Å². The molecular weight excluding hydrogens is 324 g/mol. The van der Waals surface area contributed by atoms with Crippen LogP contribution in [0.3, 0.4) is 0 Å². The van der Waals surface area contributed by atoms with Crippen molar-refractivity contribution in [2.45, 2.75) is 50.7 Å². The van der Waals surface area contributed by atoms with Gasteiger partial charge in [-0.3, -0.25) is 0 Å². The molecule has 0 radical (unpaired) electrons. The number of hydrogen-bond donors (Lipinski definition) is 0. The van der Waals surface area contributed by atoms with Crippen molar-refractivity contribution < 1.29 is 28.5 Å². The number of fused-ring (bicyclic) bond motifs is 2. The summed E-state index contributed by atoms with van der Waals surface area (Å²) < 4.78 is 29.0. The van der Waals surface area contributed by atoms with Gasteiger partial charge in [0.25, 0.3) is 5.79 Å². The minimum atomic E-state index is -1.32. The molecule has 3 saturated heterocycles. The highest BCUT2D eigenvalue weighted by molar-refractivity contribution is 5.78. The zero-order valence-electron chi connectivity index (χ0n) is 14.7. The van der Waals surface area contributed by atoms with Crippen molar-refractivity contribution in [2.75, 3.05) is 13.7 Å². The summed E-state index contributed by atoms with van der Waals surface area (Å²) in [7, 11) is 1.36. The van der Waals surface area contributed by atoms with Gasteiger partial charge in [-0.15, -0.1) is 0 Å². The van der Waals surface area contributed by atoms with Crippen LogP contribution in [-0.4, -0.2) is 43.8 Å². The molecule has 0 amide bonds. The maximum absolute atomic E-state index is 12.3. The van der Waals surface area contributed by atoms with Gasteiger partial charge in [-0.2, -0.15) is 0 Å². The lowest BCUT2D eigenvalue weighted by Crippen LogP contribution is -2.48. The predicted molar refractivity (Wildman–Crippen MR) is 87.4 cm³/mol. The third-order valence-electron chi connectivity index (χ3n) is 5.63. The molecule has 6 nitrogen and oxygen atoms in total. The number of hydrogen-bond acceptors (Lipinski definition) is 6. The Morgan fingerprint density at radius 3 is 2.60 bits per heavy atom. The standard InChI is InChI=1S/C19H24O6/c1-11-9-19(18(20)21-3)24-15(12(11)2)16(25-19)14-10-22-17(23-14)13-7-5-4-6-8-13/h4-8,11-12,14-17H,9-10H2,1-3H3/t11-,12-,14-,15?,16?,17?,19+/m1/s1. The molecular formula is C19H24O6. The summed E-state index contributed by atoms with van der Waals surface area (Å²) in [5.74, 6) is -1.25. The summed E-state index contributed by atoms with van der Waals surface area (Å²) in [6.07, 6.45) is -0.783. The Bertz CT molecular complexity index is 634. The number of esters is 1. The van der Waals surface area contributed by atoms with Crippen LogP contribution in [0.5, 0.6) is 0 Å². The first-order valence-corrected chi connectivity index (χ1v) is 8.80. The van der Waals surface area contributed by atoms with Gasteiger partial charge in [0.05, 0.1) is 19.8 Å². The number of benzene rings is 1. The van der Waals surface area contributed by atoms with Gasteiger partial charge in [-0.05, 0) is 11.8 Å². The van der Waals surface area contributed by atoms with Crippen LogP contribution in [0.15, 0.2) is 30.3 Å². The van der Waals surface area contributed by atoms with E-state index in [2.05, 4.69) is 13.8 Å². The summed E-state index contributed by atoms with van der Waals surface area (Å²) in [5, 5.41) is 0. The monoisotopic (exact) mass is 348 g/mol. The molecule has 1 aromatic rings. The molecule has 25 heavy (non-hydrogen) atoms. The molecule has 0 aromatic heterocycles. The molecule has 0 saturated carbocycles. The highest BCUT2D eigenvalue weighted by atomic mass is 16.8. The van der Waals surface area contributed by atoms with E-state index in [1.165, 1.54) is 7.11 Å². The minimum absolute atomic E-state index is 0.217. The second-order valence-electron chi connectivity index (χ2n) is 7.20. The summed E-state index contributed by atoms with van der Waals surface area (Å²) in [6.45, 7) is 4.65. The highest BCUT2D eigenvalue weighted by Crippen LogP contribution is 2.48. The first-order valence-electron chi connectivity index (χ1n) is 8.80. The van der Waals surface area contributed by atoms with Gasteiger partial charge in [-0.25, -0.2) is 4.79 Å². The molecule has 3 fully saturated rings. The Labute approximate surface area is 147 Å². The summed E-state index contributed by atoms with van der Waals surface area (Å²) >= 11 is 0. The lowest BCUT2D eigenvalue weighted by Gasteiger charge is -2.36. The summed E-state index contributed by atoms with van der Waals surface area (Å²) in [6, 6.07) is 9.80. The average Bonchev–Trinajstić information content (AvgIpc) is 3.24. The Balaban J connectivity index is 1.54. The van der Waals surface area contributed by atoms with E-state index in [1.54, 1.807) is 0 Å². The third-order valence-corrected chi connectivity index (χ3v) is 5.63. The van der Waals surface area contributed by atoms with Gasteiger partial charge in [-0.1, -0.05) is 44.2 Å². The zero-order chi connectivity index (χ0) is 17.6. The van der Waals surface area contributed by atoms with Crippen LogP contribution in [0, 0.1) is 11.8 Å². The number of rotatable bonds is 3. The fourth-order valence-electron chi connectivity index (χ4n) is 4.04. The third kappa shape index (κ3) is 2.77. The lowest BCUT2D eigenvalue weighted by molar-refractivity contribution is -0.233. The molecule has 3 heterocycles. The molecule has 0 N–H and O–H groups in total. The highest BCUT2D eigenvalue weighted by Gasteiger charge is 2.62. The molecule has 3 unspecified atom stereocenters. The SMILES string of the molecule is COC(=O)[C@@]12C[C@@H](C)[C@@H](C)C(O1)C([C@H]1COC(c3ccccc3)O1)O2. The number of carbonyl (C=O) groups is 1. The van der Waals surface area contributed by atoms with Crippen LogP contribution < -0.4 is 0 Å². The largest absolute Gasteiger partial charge is 0.465 e. The Morgan fingerprint density at radius 2 is 1.88 bits per heavy atom. The van der Waals surface area contributed by atoms with Gasteiger partial charge >= 0.3 is 5.97 Å². The van der Waals surface area contributed by atoms with Crippen LogP contribution >= 0.6 is 0 Å². The first-order chi connectivity index (χ1) is 12.0. The van der Waals surface area contributed by atoms with Crippen molar-refractivity contribution in [2.24, 2.45) is 11.8 Å². The molecule has 0 spiro atoms. The van der Waals surface area contributed by atoms with Crippen molar-refractivity contribution in [3.8, 4) is 0 Å². The van der Waals surface area contributed by atoms with E-state index in [0.29, 0.717) is 13.0 Å². The van der Waals surface area contributed by atoms with Crippen molar-refractivity contribution in [3.63, 3.8) is 0 Å². The fourth-order valence-corrected chi connectivity index (χ4v) is 4.04. The number of methoxy groups -OCH3 is 1. The smallest absolute Gasteiger partial charge is 0.366 e. The fraction of sp³-hybridized carbons (Fsp3) is 0.632. The van der Waals surface area contributed by atoms with E-state index in [-0.39, 0.29) is 30.1 Å². The normalized spacial score (nSPS) is 43.2. The van der Waals surface area contributed by atoms with Crippen molar-refractivity contribution in [1.82, 2.24) is 0 Å². The molecule has 136 valence electrons. The minimum Gasteiger partial charge on any atom is -0.465 e. The van der Waals surface area contributed by atoms with Gasteiger partial charge in [0.1, 0.15) is 12.2 Å². The van der Waals surface area contributed by atoms with E-state index < -0.39 is 18.0 Å². The van der Waals surface area contributed by atoms with E-state index in [9.17, 15) is 4.79 Å². The Kier molecular flexibility index (Phi) is 4.32. The predicted octanol–water partition coefficient (Wildman–Crippen LogP) is 2.43. The topological polar surface area (TPSA) is 63.2 Å². The molecule has 0 aliphatic carbocycles. The van der Waals surface area contributed by atoms with Crippen molar-refractivity contribution >= 4 is 5.97 Å². The first kappa shape index (κ1) is 17.0. The van der Waals surface area contributed by atoms with Gasteiger partial charge in [0.2, 0.25) is 0 Å². The Hall–Kier alpha value is -1.47. The maximum atomic E-state index is 12.3. The van der Waals surface area contributed by atoms with Crippen LogP contribution in [0.25, 0.3) is 0 Å². The second kappa shape index (κ2) is 6.36. The molecule has 2 bridgehead atoms.